The van der Waals surface area contributed by atoms with Gasteiger partial charge in [0.2, 0.25) is 0 Å². The molecule has 0 saturated carbocycles. The van der Waals surface area contributed by atoms with E-state index in [-0.39, 0.29) is 0 Å². The summed E-state index contributed by atoms with van der Waals surface area (Å²) in [5, 5.41) is 6.72. The fourth-order valence-electron chi connectivity index (χ4n) is 1.08. The molecule has 0 N–H and O–H groups in total. The van der Waals surface area contributed by atoms with Crippen molar-refractivity contribution in [2.24, 2.45) is 0 Å². The quantitative estimate of drug-likeness (QED) is 0.769. The Morgan fingerprint density at radius 3 is 2.92 bits per heavy atom. The van der Waals surface area contributed by atoms with Crippen LogP contribution in [-0.4, -0.2) is 5.16 Å². The zero-order valence-electron chi connectivity index (χ0n) is 7.08. The van der Waals surface area contributed by atoms with E-state index in [1.165, 1.54) is 4.88 Å². The van der Waals surface area contributed by atoms with Crippen LogP contribution in [0.5, 0.6) is 0 Å². The molecule has 0 atom stereocenters. The van der Waals surface area contributed by atoms with Gasteiger partial charge in [-0.25, -0.2) is 0 Å². The summed E-state index contributed by atoms with van der Waals surface area (Å²) < 4.78 is 5.18. The number of hydrogen-bond donors (Lipinski definition) is 0. The SMILES string of the molecule is Cc1cc(-c2cc(CBr)no2)cs1. The molecule has 2 aromatic heterocycles. The lowest BCUT2D eigenvalue weighted by molar-refractivity contribution is 0.427. The first-order valence-corrected chi connectivity index (χ1v) is 5.87. The number of alkyl halides is 1. The second-order valence-corrected chi connectivity index (χ2v) is 4.44. The molecular formula is C9H8BrNOS. The average molecular weight is 258 g/mol. The second kappa shape index (κ2) is 3.64. The predicted molar refractivity (Wildman–Crippen MR) is 57.2 cm³/mol. The number of rotatable bonds is 2. The first-order valence-electron chi connectivity index (χ1n) is 3.86. The standard InChI is InChI=1S/C9H8BrNOS/c1-6-2-7(5-13-6)9-3-8(4-10)11-12-9/h2-3,5H,4H2,1H3. The van der Waals surface area contributed by atoms with Gasteiger partial charge >= 0.3 is 0 Å². The minimum Gasteiger partial charge on any atom is -0.356 e. The van der Waals surface area contributed by atoms with Gasteiger partial charge in [0, 0.05) is 27.2 Å². The Bertz CT molecular complexity index is 407. The van der Waals surface area contributed by atoms with Crippen molar-refractivity contribution < 1.29 is 4.52 Å². The van der Waals surface area contributed by atoms with E-state index in [1.54, 1.807) is 11.3 Å². The van der Waals surface area contributed by atoms with Gasteiger partial charge in [0.05, 0.1) is 5.69 Å². The Morgan fingerprint density at radius 2 is 2.38 bits per heavy atom. The van der Waals surface area contributed by atoms with Gasteiger partial charge in [0.25, 0.3) is 0 Å². The van der Waals surface area contributed by atoms with Crippen LogP contribution >= 0.6 is 27.3 Å². The fraction of sp³-hybridized carbons (Fsp3) is 0.222. The zero-order valence-corrected chi connectivity index (χ0v) is 9.48. The molecule has 0 fully saturated rings. The zero-order chi connectivity index (χ0) is 9.26. The fourth-order valence-corrected chi connectivity index (χ4v) is 2.04. The topological polar surface area (TPSA) is 26.0 Å². The molecule has 2 aromatic rings. The van der Waals surface area contributed by atoms with Crippen LogP contribution in [0, 0.1) is 6.92 Å². The van der Waals surface area contributed by atoms with E-state index in [2.05, 4.69) is 39.5 Å². The van der Waals surface area contributed by atoms with Crippen molar-refractivity contribution in [3.8, 4) is 11.3 Å². The van der Waals surface area contributed by atoms with Crippen LogP contribution < -0.4 is 0 Å². The first kappa shape index (κ1) is 8.97. The predicted octanol–water partition coefficient (Wildman–Crippen LogP) is 3.61. The highest BCUT2D eigenvalue weighted by molar-refractivity contribution is 9.08. The maximum Gasteiger partial charge on any atom is 0.167 e. The van der Waals surface area contributed by atoms with Crippen molar-refractivity contribution in [1.82, 2.24) is 5.16 Å². The molecule has 13 heavy (non-hydrogen) atoms. The molecule has 0 aliphatic heterocycles. The third kappa shape index (κ3) is 1.84. The van der Waals surface area contributed by atoms with Crippen molar-refractivity contribution in [2.45, 2.75) is 12.3 Å². The summed E-state index contributed by atoms with van der Waals surface area (Å²) in [4.78, 5) is 1.28. The maximum atomic E-state index is 5.18. The molecule has 68 valence electrons. The number of halogens is 1. The summed E-state index contributed by atoms with van der Waals surface area (Å²) in [6.07, 6.45) is 0. The van der Waals surface area contributed by atoms with Crippen LogP contribution in [0.3, 0.4) is 0 Å². The number of aryl methyl sites for hydroxylation is 1. The van der Waals surface area contributed by atoms with Gasteiger partial charge in [0.1, 0.15) is 0 Å². The Morgan fingerprint density at radius 1 is 1.54 bits per heavy atom. The summed E-state index contributed by atoms with van der Waals surface area (Å²) in [7, 11) is 0. The van der Waals surface area contributed by atoms with Crippen LogP contribution in [0.1, 0.15) is 10.6 Å². The molecule has 0 spiro atoms. The Hall–Kier alpha value is -0.610. The summed E-state index contributed by atoms with van der Waals surface area (Å²) in [5.74, 6) is 0.846. The lowest BCUT2D eigenvalue weighted by Gasteiger charge is -1.84. The molecule has 0 saturated heterocycles. The average Bonchev–Trinajstić information content (AvgIpc) is 2.71. The first-order chi connectivity index (χ1) is 6.29. The van der Waals surface area contributed by atoms with Crippen LogP contribution in [0.25, 0.3) is 11.3 Å². The smallest absolute Gasteiger partial charge is 0.167 e. The van der Waals surface area contributed by atoms with Gasteiger partial charge in [0.15, 0.2) is 5.76 Å². The van der Waals surface area contributed by atoms with Gasteiger partial charge in [-0.15, -0.1) is 11.3 Å². The van der Waals surface area contributed by atoms with E-state index in [0.717, 1.165) is 22.3 Å². The molecule has 2 nitrogen and oxygen atoms in total. The molecule has 0 aliphatic rings. The molecule has 0 amide bonds. The van der Waals surface area contributed by atoms with Crippen LogP contribution in [0.2, 0.25) is 0 Å². The van der Waals surface area contributed by atoms with E-state index in [1.807, 2.05) is 6.07 Å². The molecule has 0 unspecified atom stereocenters. The van der Waals surface area contributed by atoms with Gasteiger partial charge in [-0.3, -0.25) is 0 Å². The van der Waals surface area contributed by atoms with E-state index < -0.39 is 0 Å². The third-order valence-electron chi connectivity index (χ3n) is 1.71. The summed E-state index contributed by atoms with van der Waals surface area (Å²) in [6, 6.07) is 4.05. The number of aromatic nitrogens is 1. The summed E-state index contributed by atoms with van der Waals surface area (Å²) in [5.41, 5.74) is 2.04. The highest BCUT2D eigenvalue weighted by Gasteiger charge is 2.06. The third-order valence-corrected chi connectivity index (χ3v) is 3.15. The largest absolute Gasteiger partial charge is 0.356 e. The number of nitrogens with zero attached hydrogens (tertiary/aromatic N) is 1. The maximum absolute atomic E-state index is 5.18. The van der Waals surface area contributed by atoms with E-state index in [9.17, 15) is 0 Å². The number of thiophene rings is 1. The summed E-state index contributed by atoms with van der Waals surface area (Å²) in [6.45, 7) is 2.08. The van der Waals surface area contributed by atoms with Gasteiger partial charge < -0.3 is 4.52 Å². The molecule has 0 aliphatic carbocycles. The molecule has 0 bridgehead atoms. The molecule has 4 heteroatoms. The van der Waals surface area contributed by atoms with Crippen LogP contribution in [-0.2, 0) is 5.33 Å². The highest BCUT2D eigenvalue weighted by Crippen LogP contribution is 2.25. The minimum absolute atomic E-state index is 0.736. The van der Waals surface area contributed by atoms with Crippen LogP contribution in [0.15, 0.2) is 22.0 Å². The van der Waals surface area contributed by atoms with Crippen molar-refractivity contribution in [2.75, 3.05) is 0 Å². The van der Waals surface area contributed by atoms with Crippen molar-refractivity contribution in [3.05, 3.63) is 28.1 Å². The van der Waals surface area contributed by atoms with E-state index in [0.29, 0.717) is 0 Å². The van der Waals surface area contributed by atoms with Crippen molar-refractivity contribution in [3.63, 3.8) is 0 Å². The van der Waals surface area contributed by atoms with E-state index in [4.69, 9.17) is 4.52 Å². The highest BCUT2D eigenvalue weighted by atomic mass is 79.9. The minimum atomic E-state index is 0.736. The van der Waals surface area contributed by atoms with E-state index >= 15 is 0 Å². The molecule has 2 rings (SSSR count). The lowest BCUT2D eigenvalue weighted by atomic mass is 10.2. The van der Waals surface area contributed by atoms with Crippen molar-refractivity contribution in [1.29, 1.82) is 0 Å². The van der Waals surface area contributed by atoms with Gasteiger partial charge in [-0.05, 0) is 13.0 Å². The van der Waals surface area contributed by atoms with Crippen molar-refractivity contribution >= 4 is 27.3 Å². The lowest BCUT2D eigenvalue weighted by Crippen LogP contribution is -1.70. The Kier molecular flexibility index (Phi) is 2.51. The van der Waals surface area contributed by atoms with Gasteiger partial charge in [-0.1, -0.05) is 21.1 Å². The monoisotopic (exact) mass is 257 g/mol. The number of hydrogen-bond acceptors (Lipinski definition) is 3. The molecular weight excluding hydrogens is 250 g/mol. The Balaban J connectivity index is 2.35. The van der Waals surface area contributed by atoms with Gasteiger partial charge in [-0.2, -0.15) is 0 Å². The second-order valence-electron chi connectivity index (χ2n) is 2.76. The molecule has 0 radical (unpaired) electrons. The summed E-state index contributed by atoms with van der Waals surface area (Å²) >= 11 is 5.05. The normalized spacial score (nSPS) is 10.6. The van der Waals surface area contributed by atoms with Crippen LogP contribution in [0.4, 0.5) is 0 Å². The molecule has 0 aromatic carbocycles. The molecule has 2 heterocycles. The Labute approximate surface area is 88.7 Å².